The summed E-state index contributed by atoms with van der Waals surface area (Å²) in [5.74, 6) is 0. The van der Waals surface area contributed by atoms with Gasteiger partial charge in [0, 0.05) is 16.7 Å². The van der Waals surface area contributed by atoms with E-state index in [4.69, 9.17) is 4.98 Å². The molecule has 0 saturated carbocycles. The second-order valence-electron chi connectivity index (χ2n) is 5.26. The van der Waals surface area contributed by atoms with Gasteiger partial charge in [-0.2, -0.15) is 0 Å². The summed E-state index contributed by atoms with van der Waals surface area (Å²) in [6.07, 6.45) is 9.58. The van der Waals surface area contributed by atoms with Gasteiger partial charge in [-0.15, -0.1) is 5.73 Å². The normalized spacial score (nSPS) is 13.2. The van der Waals surface area contributed by atoms with Gasteiger partial charge in [0.2, 0.25) is 0 Å². The Morgan fingerprint density at radius 3 is 2.65 bits per heavy atom. The molecule has 0 radical (unpaired) electrons. The Hall–Kier alpha value is -2.11. The quantitative estimate of drug-likeness (QED) is 0.706. The van der Waals surface area contributed by atoms with Crippen molar-refractivity contribution in [2.24, 2.45) is 0 Å². The molecule has 0 amide bonds. The Balaban J connectivity index is 2.27. The standard InChI is InChI=1S/C19H19N/c1-3-4-11-18-17-13-8-7-12-16(17)14(2)20-19(18)15-9-5-6-10-15/h5-9,12-13H,3-4,11H2,1-2H3. The Bertz CT molecular complexity index is 744. The van der Waals surface area contributed by atoms with Crippen molar-refractivity contribution in [3.8, 4) is 0 Å². The number of nitrogens with zero attached hydrogens (tertiary/aromatic N) is 1. The molecule has 1 aliphatic carbocycles. The number of hydrogen-bond donors (Lipinski definition) is 0. The number of hydrogen-bond acceptors (Lipinski definition) is 1. The molecule has 0 saturated heterocycles. The lowest BCUT2D eigenvalue weighted by Crippen LogP contribution is -2.00. The number of aryl methyl sites for hydroxylation is 2. The van der Waals surface area contributed by atoms with Crippen LogP contribution >= 0.6 is 0 Å². The molecule has 0 atom stereocenters. The molecule has 0 N–H and O–H groups in total. The van der Waals surface area contributed by atoms with Crippen LogP contribution in [0, 0.1) is 6.92 Å². The van der Waals surface area contributed by atoms with E-state index in [1.807, 2.05) is 12.2 Å². The van der Waals surface area contributed by atoms with Crippen LogP contribution < -0.4 is 0 Å². The molecular weight excluding hydrogens is 242 g/mol. The number of fused-ring (bicyclic) bond motifs is 1. The summed E-state index contributed by atoms with van der Waals surface area (Å²) in [7, 11) is 0. The molecule has 20 heavy (non-hydrogen) atoms. The van der Waals surface area contributed by atoms with E-state index in [0.717, 1.165) is 23.4 Å². The largest absolute Gasteiger partial charge is 0.252 e. The molecule has 0 spiro atoms. The number of unbranched alkanes of at least 4 members (excludes halogenated alkanes) is 1. The van der Waals surface area contributed by atoms with Gasteiger partial charge in [0.1, 0.15) is 0 Å². The van der Waals surface area contributed by atoms with Crippen LogP contribution in [0.15, 0.2) is 48.2 Å². The highest BCUT2D eigenvalue weighted by Gasteiger charge is 2.14. The fourth-order valence-corrected chi connectivity index (χ4v) is 2.79. The van der Waals surface area contributed by atoms with Gasteiger partial charge in [0.25, 0.3) is 0 Å². The summed E-state index contributed by atoms with van der Waals surface area (Å²) >= 11 is 0. The number of benzene rings is 1. The third-order valence-electron chi connectivity index (χ3n) is 3.84. The van der Waals surface area contributed by atoms with Crippen LogP contribution in [-0.4, -0.2) is 4.98 Å². The highest BCUT2D eigenvalue weighted by Crippen LogP contribution is 2.30. The maximum atomic E-state index is 4.87. The average molecular weight is 261 g/mol. The molecule has 1 aromatic heterocycles. The van der Waals surface area contributed by atoms with Gasteiger partial charge in [0.15, 0.2) is 0 Å². The van der Waals surface area contributed by atoms with Crippen LogP contribution in [0.1, 0.15) is 36.7 Å². The van der Waals surface area contributed by atoms with Crippen molar-refractivity contribution in [2.75, 3.05) is 0 Å². The lowest BCUT2D eigenvalue weighted by atomic mass is 9.95. The van der Waals surface area contributed by atoms with Gasteiger partial charge in [0.05, 0.1) is 5.69 Å². The van der Waals surface area contributed by atoms with Gasteiger partial charge in [-0.3, -0.25) is 4.98 Å². The molecule has 1 aliphatic rings. The van der Waals surface area contributed by atoms with Crippen molar-refractivity contribution in [3.63, 3.8) is 0 Å². The lowest BCUT2D eigenvalue weighted by Gasteiger charge is -2.14. The Morgan fingerprint density at radius 2 is 1.95 bits per heavy atom. The molecular formula is C19H19N. The van der Waals surface area contributed by atoms with E-state index in [9.17, 15) is 0 Å². The van der Waals surface area contributed by atoms with Crippen molar-refractivity contribution >= 4 is 16.3 Å². The predicted molar refractivity (Wildman–Crippen MR) is 85.7 cm³/mol. The third-order valence-corrected chi connectivity index (χ3v) is 3.84. The summed E-state index contributed by atoms with van der Waals surface area (Å²) < 4.78 is 0. The molecule has 0 unspecified atom stereocenters. The predicted octanol–water partition coefficient (Wildman–Crippen LogP) is 4.99. The summed E-state index contributed by atoms with van der Waals surface area (Å²) in [5, 5.41) is 2.62. The zero-order valence-electron chi connectivity index (χ0n) is 12.1. The smallest absolute Gasteiger partial charge is 0.0821 e. The van der Waals surface area contributed by atoms with Crippen LogP contribution in [0.25, 0.3) is 16.3 Å². The zero-order valence-corrected chi connectivity index (χ0v) is 12.1. The van der Waals surface area contributed by atoms with Gasteiger partial charge in [-0.25, -0.2) is 0 Å². The fraction of sp³-hybridized carbons (Fsp3) is 0.263. The molecule has 2 aromatic rings. The van der Waals surface area contributed by atoms with Crippen molar-refractivity contribution in [1.82, 2.24) is 4.98 Å². The minimum atomic E-state index is 1.08. The Morgan fingerprint density at radius 1 is 1.15 bits per heavy atom. The van der Waals surface area contributed by atoms with E-state index in [1.54, 1.807) is 0 Å². The first-order valence-electron chi connectivity index (χ1n) is 7.33. The Labute approximate surface area is 120 Å². The molecule has 1 heteroatoms. The van der Waals surface area contributed by atoms with Gasteiger partial charge in [-0.1, -0.05) is 43.7 Å². The van der Waals surface area contributed by atoms with Gasteiger partial charge in [-0.05, 0) is 42.9 Å². The molecule has 3 rings (SSSR count). The SMILES string of the molecule is CCCCc1c(C2=C=CC=C2)nc(C)c2ccccc12. The topological polar surface area (TPSA) is 12.9 Å². The number of rotatable bonds is 4. The molecule has 0 aliphatic heterocycles. The molecule has 0 bridgehead atoms. The summed E-state index contributed by atoms with van der Waals surface area (Å²) in [5.41, 5.74) is 8.00. The number of pyridine rings is 1. The first kappa shape index (κ1) is 12.9. The maximum Gasteiger partial charge on any atom is 0.0821 e. The van der Waals surface area contributed by atoms with Crippen LogP contribution in [-0.2, 0) is 6.42 Å². The van der Waals surface area contributed by atoms with Crippen LogP contribution in [0.4, 0.5) is 0 Å². The average Bonchev–Trinajstić information content (AvgIpc) is 3.00. The fourth-order valence-electron chi connectivity index (χ4n) is 2.79. The molecule has 100 valence electrons. The van der Waals surface area contributed by atoms with Crippen LogP contribution in [0.2, 0.25) is 0 Å². The minimum Gasteiger partial charge on any atom is -0.252 e. The van der Waals surface area contributed by atoms with Crippen molar-refractivity contribution in [3.05, 3.63) is 65.2 Å². The van der Waals surface area contributed by atoms with E-state index >= 15 is 0 Å². The van der Waals surface area contributed by atoms with Crippen molar-refractivity contribution < 1.29 is 0 Å². The van der Waals surface area contributed by atoms with Crippen molar-refractivity contribution in [2.45, 2.75) is 33.1 Å². The zero-order chi connectivity index (χ0) is 13.9. The second-order valence-corrected chi connectivity index (χ2v) is 5.26. The van der Waals surface area contributed by atoms with Gasteiger partial charge >= 0.3 is 0 Å². The summed E-state index contributed by atoms with van der Waals surface area (Å²) in [6.45, 7) is 4.33. The van der Waals surface area contributed by atoms with Crippen LogP contribution in [0.5, 0.6) is 0 Å². The third kappa shape index (κ3) is 2.21. The minimum absolute atomic E-state index is 1.08. The molecule has 1 heterocycles. The lowest BCUT2D eigenvalue weighted by molar-refractivity contribution is 0.794. The van der Waals surface area contributed by atoms with E-state index in [0.29, 0.717) is 0 Å². The van der Waals surface area contributed by atoms with E-state index < -0.39 is 0 Å². The maximum absolute atomic E-state index is 4.87. The molecule has 1 nitrogen and oxygen atoms in total. The monoisotopic (exact) mass is 261 g/mol. The van der Waals surface area contributed by atoms with E-state index in [1.165, 1.54) is 29.2 Å². The van der Waals surface area contributed by atoms with Crippen LogP contribution in [0.3, 0.4) is 0 Å². The van der Waals surface area contributed by atoms with E-state index in [2.05, 4.69) is 49.9 Å². The summed E-state index contributed by atoms with van der Waals surface area (Å²) in [4.78, 5) is 4.87. The number of aromatic nitrogens is 1. The van der Waals surface area contributed by atoms with E-state index in [-0.39, 0.29) is 0 Å². The number of allylic oxidation sites excluding steroid dienone is 3. The first-order chi connectivity index (χ1) is 9.81. The highest BCUT2D eigenvalue weighted by atomic mass is 14.7. The molecule has 1 aromatic carbocycles. The van der Waals surface area contributed by atoms with Crippen molar-refractivity contribution in [1.29, 1.82) is 0 Å². The van der Waals surface area contributed by atoms with Gasteiger partial charge < -0.3 is 0 Å². The first-order valence-corrected chi connectivity index (χ1v) is 7.33. The molecule has 0 fully saturated rings. The highest BCUT2D eigenvalue weighted by molar-refractivity contribution is 5.92. The Kier molecular flexibility index (Phi) is 3.54. The summed E-state index contributed by atoms with van der Waals surface area (Å²) in [6, 6.07) is 8.61. The second kappa shape index (κ2) is 5.48.